The Hall–Kier alpha value is -0.617. The molecule has 0 N–H and O–H groups in total. The van der Waals surface area contributed by atoms with E-state index in [0.29, 0.717) is 0 Å². The van der Waals surface area contributed by atoms with Crippen molar-refractivity contribution in [1.82, 2.24) is 0 Å². The van der Waals surface area contributed by atoms with Crippen LogP contribution in [0, 0.1) is 0 Å². The van der Waals surface area contributed by atoms with E-state index in [0.717, 1.165) is 0 Å². The zero-order valence-corrected chi connectivity index (χ0v) is 24.0. The molecule has 2 aromatic rings. The molecule has 5 aliphatic rings. The number of hydrogen-bond donors (Lipinski definition) is 0. The fourth-order valence-corrected chi connectivity index (χ4v) is 21.0. The molecule has 0 spiro atoms. The zero-order chi connectivity index (χ0) is 20.7. The van der Waals surface area contributed by atoms with Crippen LogP contribution in [0.4, 0.5) is 0 Å². The molecule has 7 rings (SSSR count). The standard InChI is InChI=1S/2C14H15.C2H4.2ClH.Zr/c2*1-10-8-12-7-6-11-4-2-3-5-13(11)14(12)9-10;1-2;;;/h2*6,8H,2-5,9H2,1H3;1-2H2;2*1H;/q;;;;;+2/p-2. The second-order valence-electron chi connectivity index (χ2n) is 11.2. The maximum Gasteiger partial charge on any atom is -1.00 e. The Labute approximate surface area is 216 Å². The van der Waals surface area contributed by atoms with Gasteiger partial charge in [-0.15, -0.1) is 0 Å². The van der Waals surface area contributed by atoms with E-state index in [-0.39, 0.29) is 24.8 Å². The third kappa shape index (κ3) is 3.63. The van der Waals surface area contributed by atoms with Crippen LogP contribution >= 0.6 is 0 Å². The number of halogens is 2. The van der Waals surface area contributed by atoms with Gasteiger partial charge in [0.15, 0.2) is 0 Å². The van der Waals surface area contributed by atoms with E-state index in [1.807, 2.05) is 6.54 Å². The Morgan fingerprint density at radius 2 is 1.00 bits per heavy atom. The van der Waals surface area contributed by atoms with Crippen molar-refractivity contribution in [3.05, 3.63) is 67.8 Å². The quantitative estimate of drug-likeness (QED) is 0.500. The third-order valence-electron chi connectivity index (χ3n) is 9.09. The van der Waals surface area contributed by atoms with Crippen molar-refractivity contribution < 1.29 is 45.1 Å². The van der Waals surface area contributed by atoms with Gasteiger partial charge in [-0.25, -0.2) is 0 Å². The number of fused-ring (bicyclic) bond motifs is 6. The van der Waals surface area contributed by atoms with Crippen molar-refractivity contribution in [2.24, 2.45) is 0 Å². The summed E-state index contributed by atoms with van der Waals surface area (Å²) in [5, 5.41) is 0. The molecule has 4 aliphatic carbocycles. The van der Waals surface area contributed by atoms with Gasteiger partial charge in [0.25, 0.3) is 0 Å². The zero-order valence-electron chi connectivity index (χ0n) is 20.1. The molecular weight excluding hydrogens is 522 g/mol. The molecule has 1 heterocycles. The topological polar surface area (TPSA) is 0 Å². The largest absolute Gasteiger partial charge is 1.00 e. The molecule has 0 atom stereocenters. The maximum absolute atomic E-state index is 2.78. The summed E-state index contributed by atoms with van der Waals surface area (Å²) in [7, 11) is 0. The molecule has 1 fully saturated rings. The summed E-state index contributed by atoms with van der Waals surface area (Å²) >= 11 is -2.54. The van der Waals surface area contributed by atoms with Crippen LogP contribution in [0.5, 0.6) is 0 Å². The third-order valence-corrected chi connectivity index (χ3v) is 19.9. The molecule has 172 valence electrons. The van der Waals surface area contributed by atoms with E-state index in [2.05, 4.69) is 38.1 Å². The predicted molar refractivity (Wildman–Crippen MR) is 130 cm³/mol. The van der Waals surface area contributed by atoms with Crippen LogP contribution in [0.25, 0.3) is 12.2 Å². The van der Waals surface area contributed by atoms with Crippen LogP contribution in [0.2, 0.25) is 8.26 Å². The summed E-state index contributed by atoms with van der Waals surface area (Å²) < 4.78 is 6.89. The first-order chi connectivity index (χ1) is 15.1. The van der Waals surface area contributed by atoms with Crippen molar-refractivity contribution >= 4 is 18.7 Å². The normalized spacial score (nSPS) is 19.9. The van der Waals surface area contributed by atoms with Crippen molar-refractivity contribution in [3.63, 3.8) is 0 Å². The number of hydrogen-bond acceptors (Lipinski definition) is 0. The molecule has 0 unspecified atom stereocenters. The van der Waals surface area contributed by atoms with Crippen LogP contribution in [0.1, 0.15) is 84.0 Å². The molecule has 0 radical (unpaired) electrons. The number of allylic oxidation sites excluding steroid dienone is 2. The molecule has 33 heavy (non-hydrogen) atoms. The molecule has 3 heteroatoms. The Morgan fingerprint density at radius 3 is 1.42 bits per heavy atom. The van der Waals surface area contributed by atoms with Crippen molar-refractivity contribution in [2.75, 3.05) is 0 Å². The first kappa shape index (κ1) is 24.1. The summed E-state index contributed by atoms with van der Waals surface area (Å²) in [6.07, 6.45) is 18.6. The van der Waals surface area contributed by atoms with Crippen molar-refractivity contribution in [2.45, 2.75) is 86.3 Å². The minimum Gasteiger partial charge on any atom is -1.00 e. The Bertz CT molecular complexity index is 1120. The average Bonchev–Trinajstić information content (AvgIpc) is 3.33. The van der Waals surface area contributed by atoms with E-state index < -0.39 is 20.3 Å². The second kappa shape index (κ2) is 8.80. The average molecular weight is 557 g/mol. The van der Waals surface area contributed by atoms with Crippen LogP contribution in [0.3, 0.4) is 0 Å². The Balaban J connectivity index is 0.00000114. The molecule has 0 amide bonds. The predicted octanol–water partition coefficient (Wildman–Crippen LogP) is 0.326. The van der Waals surface area contributed by atoms with E-state index in [4.69, 9.17) is 0 Å². The molecule has 0 bridgehead atoms. The summed E-state index contributed by atoms with van der Waals surface area (Å²) in [6, 6.07) is 5.56. The summed E-state index contributed by atoms with van der Waals surface area (Å²) in [5.74, 6) is 0. The summed E-state index contributed by atoms with van der Waals surface area (Å²) in [6.45, 7) is 4.74. The molecule has 2 aromatic carbocycles. The van der Waals surface area contributed by atoms with Gasteiger partial charge in [-0.2, -0.15) is 0 Å². The maximum atomic E-state index is 2.78. The summed E-state index contributed by atoms with van der Waals surface area (Å²) in [5.41, 5.74) is 17.2. The molecule has 1 aliphatic heterocycles. The van der Waals surface area contributed by atoms with Gasteiger partial charge in [0.1, 0.15) is 0 Å². The van der Waals surface area contributed by atoms with Crippen LogP contribution in [-0.2, 0) is 58.8 Å². The molecule has 0 nitrogen and oxygen atoms in total. The van der Waals surface area contributed by atoms with Gasteiger partial charge in [-0.05, 0) is 0 Å². The minimum atomic E-state index is -2.54. The molecule has 0 aromatic heterocycles. The fourth-order valence-electron chi connectivity index (χ4n) is 7.51. The van der Waals surface area contributed by atoms with E-state index in [1.165, 1.54) is 64.2 Å². The van der Waals surface area contributed by atoms with E-state index in [9.17, 15) is 0 Å². The SMILES string of the molecule is CC1=Cc2[c]([Zr+2]3([c]4cc5c(c6c4C=C(C)C6)CCCC5)[CH2][CH2]3)cc3c(c2C1)CCCC3.[Cl-].[Cl-]. The van der Waals surface area contributed by atoms with Gasteiger partial charge in [0.2, 0.25) is 0 Å². The van der Waals surface area contributed by atoms with Gasteiger partial charge in [0.05, 0.1) is 0 Å². The smallest absolute Gasteiger partial charge is 1.00 e. The first-order valence-electron chi connectivity index (χ1n) is 12.8. The number of aryl methyl sites for hydroxylation is 2. The molecule has 0 saturated carbocycles. The molecule has 1 saturated heterocycles. The minimum absolute atomic E-state index is 0. The van der Waals surface area contributed by atoms with Gasteiger partial charge >= 0.3 is 193 Å². The Morgan fingerprint density at radius 1 is 0.576 bits per heavy atom. The van der Waals surface area contributed by atoms with Crippen LogP contribution in [0.15, 0.2) is 23.3 Å². The van der Waals surface area contributed by atoms with Crippen LogP contribution in [-0.4, -0.2) is 0 Å². The van der Waals surface area contributed by atoms with E-state index >= 15 is 0 Å². The summed E-state index contributed by atoms with van der Waals surface area (Å²) in [4.78, 5) is 0. The monoisotopic (exact) mass is 554 g/mol. The van der Waals surface area contributed by atoms with Gasteiger partial charge in [0, 0.05) is 0 Å². The van der Waals surface area contributed by atoms with Gasteiger partial charge < -0.3 is 24.8 Å². The van der Waals surface area contributed by atoms with Crippen LogP contribution < -0.4 is 31.4 Å². The van der Waals surface area contributed by atoms with E-state index in [1.54, 1.807) is 63.9 Å². The van der Waals surface area contributed by atoms with Crippen molar-refractivity contribution in [1.29, 1.82) is 0 Å². The number of rotatable bonds is 2. The first-order valence-corrected chi connectivity index (χ1v) is 18.8. The number of benzene rings is 2. The fraction of sp³-hybridized carbons (Fsp3) is 0.467. The van der Waals surface area contributed by atoms with Crippen molar-refractivity contribution in [3.8, 4) is 0 Å². The van der Waals surface area contributed by atoms with Gasteiger partial charge in [-0.3, -0.25) is 0 Å². The second-order valence-corrected chi connectivity index (χ2v) is 21.7. The van der Waals surface area contributed by atoms with Gasteiger partial charge in [-0.1, -0.05) is 0 Å². The Kier molecular flexibility index (Phi) is 6.42. The molecular formula is C30H34Cl2Zr.